The molecule has 1 aromatic heterocycles. The van der Waals surface area contributed by atoms with Crippen molar-refractivity contribution in [3.05, 3.63) is 36.8 Å². The molecule has 0 spiro atoms. The third kappa shape index (κ3) is 1.90. The summed E-state index contributed by atoms with van der Waals surface area (Å²) in [5, 5.41) is 0. The molecule has 3 heteroatoms. The summed E-state index contributed by atoms with van der Waals surface area (Å²) in [6.07, 6.45) is 4.88. The highest BCUT2D eigenvalue weighted by molar-refractivity contribution is 5.85. The summed E-state index contributed by atoms with van der Waals surface area (Å²) in [6.45, 7) is 3.55. The molecule has 0 saturated heterocycles. The van der Waals surface area contributed by atoms with E-state index < -0.39 is 0 Å². The number of furan rings is 1. The average molecular weight is 160 g/mol. The van der Waals surface area contributed by atoms with Crippen molar-refractivity contribution in [1.82, 2.24) is 0 Å². The lowest BCUT2D eigenvalue weighted by Crippen LogP contribution is -2.04. The smallest absolute Gasteiger partial charge is 0.0953 e. The van der Waals surface area contributed by atoms with Crippen molar-refractivity contribution < 1.29 is 4.42 Å². The minimum atomic E-state index is -0.0938. The van der Waals surface area contributed by atoms with Gasteiger partial charge in [0.1, 0.15) is 0 Å². The first kappa shape index (κ1) is 9.27. The molecule has 0 aromatic carbocycles. The van der Waals surface area contributed by atoms with Crippen LogP contribution < -0.4 is 5.73 Å². The van der Waals surface area contributed by atoms with E-state index in [-0.39, 0.29) is 18.4 Å². The van der Waals surface area contributed by atoms with Gasteiger partial charge in [0.05, 0.1) is 18.6 Å². The summed E-state index contributed by atoms with van der Waals surface area (Å²) in [5.41, 5.74) is 6.52. The second-order valence-corrected chi connectivity index (χ2v) is 1.82. The lowest BCUT2D eigenvalue weighted by Gasteiger charge is -1.98. The van der Waals surface area contributed by atoms with Gasteiger partial charge in [-0.2, -0.15) is 0 Å². The first-order valence-electron chi connectivity index (χ1n) is 2.75. The van der Waals surface area contributed by atoms with Gasteiger partial charge in [0.25, 0.3) is 0 Å². The fourth-order valence-electron chi connectivity index (χ4n) is 0.601. The minimum absolute atomic E-state index is 0. The van der Waals surface area contributed by atoms with Gasteiger partial charge in [-0.3, -0.25) is 0 Å². The van der Waals surface area contributed by atoms with Gasteiger partial charge in [0, 0.05) is 5.56 Å². The second kappa shape index (κ2) is 4.14. The molecule has 2 nitrogen and oxygen atoms in total. The van der Waals surface area contributed by atoms with Gasteiger partial charge in [0.15, 0.2) is 0 Å². The van der Waals surface area contributed by atoms with Crippen molar-refractivity contribution in [2.75, 3.05) is 0 Å². The van der Waals surface area contributed by atoms with Crippen LogP contribution in [0.5, 0.6) is 0 Å². The van der Waals surface area contributed by atoms with Crippen LogP contribution in [0.25, 0.3) is 0 Å². The standard InChI is InChI=1S/C7H9NO.ClH/c1-2-7(8)6-3-4-9-5-6;/h2-5,7H,1,8H2;1H/t7-;/m1./s1. The van der Waals surface area contributed by atoms with Crippen LogP contribution in [-0.2, 0) is 0 Å². The lowest BCUT2D eigenvalue weighted by molar-refractivity contribution is 0.562. The van der Waals surface area contributed by atoms with Crippen molar-refractivity contribution in [2.45, 2.75) is 6.04 Å². The monoisotopic (exact) mass is 159 g/mol. The predicted molar refractivity (Wildman–Crippen MR) is 43.1 cm³/mol. The number of rotatable bonds is 2. The van der Waals surface area contributed by atoms with E-state index in [1.807, 2.05) is 6.07 Å². The molecule has 0 aliphatic carbocycles. The van der Waals surface area contributed by atoms with Crippen molar-refractivity contribution in [3.8, 4) is 0 Å². The Morgan fingerprint density at radius 3 is 2.80 bits per heavy atom. The lowest BCUT2D eigenvalue weighted by atomic mass is 10.2. The average Bonchev–Trinajstić information content (AvgIpc) is 2.37. The molecule has 0 radical (unpaired) electrons. The Balaban J connectivity index is 0.000000810. The van der Waals surface area contributed by atoms with Crippen LogP contribution in [0.3, 0.4) is 0 Å². The largest absolute Gasteiger partial charge is 0.472 e. The van der Waals surface area contributed by atoms with E-state index in [0.717, 1.165) is 5.56 Å². The van der Waals surface area contributed by atoms with Crippen molar-refractivity contribution in [2.24, 2.45) is 5.73 Å². The van der Waals surface area contributed by atoms with Crippen LogP contribution in [0.15, 0.2) is 35.7 Å². The molecule has 1 rings (SSSR count). The van der Waals surface area contributed by atoms with E-state index in [0.29, 0.717) is 0 Å². The highest BCUT2D eigenvalue weighted by atomic mass is 35.5. The molecular formula is C7H10ClNO. The minimum Gasteiger partial charge on any atom is -0.472 e. The summed E-state index contributed by atoms with van der Waals surface area (Å²) in [4.78, 5) is 0. The maximum atomic E-state index is 5.56. The molecule has 1 aromatic rings. The van der Waals surface area contributed by atoms with Crippen LogP contribution in [0.2, 0.25) is 0 Å². The van der Waals surface area contributed by atoms with E-state index in [2.05, 4.69) is 6.58 Å². The molecule has 0 saturated carbocycles. The number of halogens is 1. The molecule has 10 heavy (non-hydrogen) atoms. The molecule has 0 aliphatic heterocycles. The molecule has 0 aliphatic rings. The topological polar surface area (TPSA) is 39.2 Å². The third-order valence-electron chi connectivity index (χ3n) is 1.18. The van der Waals surface area contributed by atoms with Crippen LogP contribution in [0, 0.1) is 0 Å². The molecule has 0 amide bonds. The molecule has 1 atom stereocenters. The maximum Gasteiger partial charge on any atom is 0.0953 e. The zero-order chi connectivity index (χ0) is 6.69. The van der Waals surface area contributed by atoms with Crippen molar-refractivity contribution in [1.29, 1.82) is 0 Å². The highest BCUT2D eigenvalue weighted by Gasteiger charge is 1.99. The molecule has 0 fully saturated rings. The number of hydrogen-bond acceptors (Lipinski definition) is 2. The number of nitrogens with two attached hydrogens (primary N) is 1. The second-order valence-electron chi connectivity index (χ2n) is 1.82. The van der Waals surface area contributed by atoms with E-state index >= 15 is 0 Å². The Hall–Kier alpha value is -0.730. The van der Waals surface area contributed by atoms with Gasteiger partial charge in [0.2, 0.25) is 0 Å². The first-order chi connectivity index (χ1) is 4.34. The Kier molecular flexibility index (Phi) is 3.84. The van der Waals surface area contributed by atoms with Gasteiger partial charge in [-0.25, -0.2) is 0 Å². The molecule has 0 unspecified atom stereocenters. The fourth-order valence-corrected chi connectivity index (χ4v) is 0.601. The van der Waals surface area contributed by atoms with E-state index in [1.54, 1.807) is 18.6 Å². The number of hydrogen-bond donors (Lipinski definition) is 1. The van der Waals surface area contributed by atoms with Gasteiger partial charge >= 0.3 is 0 Å². The Morgan fingerprint density at radius 1 is 1.70 bits per heavy atom. The van der Waals surface area contributed by atoms with Gasteiger partial charge in [-0.05, 0) is 6.07 Å². The Labute approximate surface area is 66.1 Å². The molecular weight excluding hydrogens is 150 g/mol. The van der Waals surface area contributed by atoms with Crippen LogP contribution in [0.1, 0.15) is 11.6 Å². The first-order valence-corrected chi connectivity index (χ1v) is 2.75. The van der Waals surface area contributed by atoms with Crippen LogP contribution in [-0.4, -0.2) is 0 Å². The normalized spacial score (nSPS) is 11.7. The zero-order valence-corrected chi connectivity index (χ0v) is 6.30. The summed E-state index contributed by atoms with van der Waals surface area (Å²) >= 11 is 0. The predicted octanol–water partition coefficient (Wildman–Crippen LogP) is 1.89. The zero-order valence-electron chi connectivity index (χ0n) is 5.49. The Bertz CT molecular complexity index is 183. The summed E-state index contributed by atoms with van der Waals surface area (Å²) in [7, 11) is 0. The quantitative estimate of drug-likeness (QED) is 0.670. The van der Waals surface area contributed by atoms with Gasteiger partial charge < -0.3 is 10.2 Å². The summed E-state index contributed by atoms with van der Waals surface area (Å²) < 4.78 is 4.81. The SMILES string of the molecule is C=C[C@@H](N)c1ccoc1.Cl. The molecule has 1 heterocycles. The van der Waals surface area contributed by atoms with E-state index in [4.69, 9.17) is 10.2 Å². The highest BCUT2D eigenvalue weighted by Crippen LogP contribution is 2.09. The molecule has 0 bridgehead atoms. The van der Waals surface area contributed by atoms with Gasteiger partial charge in [-0.1, -0.05) is 6.08 Å². The third-order valence-corrected chi connectivity index (χ3v) is 1.18. The fraction of sp³-hybridized carbons (Fsp3) is 0.143. The summed E-state index contributed by atoms with van der Waals surface area (Å²) in [6, 6.07) is 1.73. The Morgan fingerprint density at radius 2 is 2.40 bits per heavy atom. The van der Waals surface area contributed by atoms with Crippen LogP contribution >= 0.6 is 12.4 Å². The van der Waals surface area contributed by atoms with Gasteiger partial charge in [-0.15, -0.1) is 19.0 Å². The van der Waals surface area contributed by atoms with E-state index in [1.165, 1.54) is 0 Å². The van der Waals surface area contributed by atoms with E-state index in [9.17, 15) is 0 Å². The van der Waals surface area contributed by atoms with Crippen LogP contribution in [0.4, 0.5) is 0 Å². The summed E-state index contributed by atoms with van der Waals surface area (Å²) in [5.74, 6) is 0. The molecule has 56 valence electrons. The molecule has 2 N–H and O–H groups in total. The van der Waals surface area contributed by atoms with Crippen molar-refractivity contribution in [3.63, 3.8) is 0 Å². The van der Waals surface area contributed by atoms with Crippen molar-refractivity contribution >= 4 is 12.4 Å². The maximum absolute atomic E-state index is 5.56.